The van der Waals surface area contributed by atoms with Gasteiger partial charge in [-0.2, -0.15) is 62.3 Å². The molecule has 38 heteroatoms. The van der Waals surface area contributed by atoms with Gasteiger partial charge in [-0.25, -0.2) is 9.59 Å². The summed E-state index contributed by atoms with van der Waals surface area (Å²) in [6, 6.07) is 29.9. The number of aryl methyl sites for hydroxylation is 4. The van der Waals surface area contributed by atoms with Gasteiger partial charge in [0.15, 0.2) is 0 Å². The van der Waals surface area contributed by atoms with Crippen LogP contribution in [0.15, 0.2) is 121 Å². The van der Waals surface area contributed by atoms with Gasteiger partial charge in [-0.05, 0) is 207 Å². The second kappa shape index (κ2) is 51.5. The maximum Gasteiger partial charge on any atom is 0.380 e. The number of rotatable bonds is 50. The molecule has 2 aliphatic carbocycles. The molecule has 10 rings (SSSR count). The smallest absolute Gasteiger partial charge is 0.380 e. The number of hydrogen-bond acceptors (Lipinski definition) is 26. The van der Waals surface area contributed by atoms with Crippen LogP contribution in [0.25, 0.3) is 64.1 Å². The topological polar surface area (TPSA) is 256 Å². The van der Waals surface area contributed by atoms with Crippen LogP contribution in [-0.2, 0) is 85.5 Å². The molecule has 692 valence electrons. The molecular weight excluding hydrogens is 1770 g/mol. The molecule has 0 bridgehead atoms. The fourth-order valence-corrected chi connectivity index (χ4v) is 16.3. The maximum absolute atomic E-state index is 15.9. The van der Waals surface area contributed by atoms with Crippen LogP contribution in [0.3, 0.4) is 0 Å². The molecule has 0 amide bonds. The maximum atomic E-state index is 15.9. The molecule has 0 saturated heterocycles. The highest BCUT2D eigenvalue weighted by atomic mass is 32.1. The van der Waals surface area contributed by atoms with Crippen LogP contribution >= 0.6 is 45.3 Å². The van der Waals surface area contributed by atoms with Crippen LogP contribution in [-0.4, -0.2) is 250 Å². The van der Waals surface area contributed by atoms with Gasteiger partial charge in [0.05, 0.1) is 146 Å². The zero-order chi connectivity index (χ0) is 92.1. The summed E-state index contributed by atoms with van der Waals surface area (Å²) >= 11 is 4.08. The average Bonchev–Trinajstić information content (AvgIpc) is 1.53. The number of halogens is 12. The van der Waals surface area contributed by atoms with Gasteiger partial charge in [-0.15, -0.1) is 45.3 Å². The van der Waals surface area contributed by atoms with Gasteiger partial charge in [0.25, 0.3) is 0 Å². The third-order valence-electron chi connectivity index (χ3n) is 18.5. The van der Waals surface area contributed by atoms with Gasteiger partial charge >= 0.3 is 53.6 Å². The first-order valence-corrected chi connectivity index (χ1v) is 42.8. The molecule has 2 N–H and O–H groups in total. The molecule has 0 fully saturated rings. The quantitative estimate of drug-likeness (QED) is 0.0204. The standard InChI is InChI=1S/C48H58F6O12S2.C27H18F6O2S2.C12H24O6.CO2/c1-5-57-14-15-58-16-17-59-20-22-62-26-28-65-37-10-6-35(7-11-37)41-30-39(33(2)67-41)44-45(47(51,52)48(53,54)46(44,49)50)40-31-42(68-34(40)3)36-8-12-38(13-9-36)66-29-27-63-23-21-60-18-19-61-24-25-64-32-43(55)56-4;1-13-19(11-21(36-13)15-3-7-17(34)8-4-15)23-24(26(30,31)27(32,33)25(23,28)29)20-12-22(37-14(20)2)16-5-9-18(35)10-6-16;1-3-4-15-5-6-16-7-8-17-9-10-18-11-12(13)14-2;2-1-3/h6-13,30-31H,5,14-29,32H2,1-4H3;3-12,34-35H,1-2H3;3-11H2,1-2H3;. The number of ether oxygens (including phenoxy) is 16. The number of alkyl halides is 12. The zero-order valence-electron chi connectivity index (χ0n) is 70.4. The number of benzene rings is 4. The first-order chi connectivity index (χ1) is 60.2. The van der Waals surface area contributed by atoms with Crippen LogP contribution in [0, 0.1) is 27.7 Å². The van der Waals surface area contributed by atoms with Crippen LogP contribution in [0.5, 0.6) is 23.0 Å². The molecule has 0 unspecified atom stereocenters. The van der Waals surface area contributed by atoms with E-state index in [4.69, 9.17) is 75.9 Å². The predicted octanol–water partition coefficient (Wildman–Crippen LogP) is 18.7. The minimum atomic E-state index is -5.70. The van der Waals surface area contributed by atoms with Crippen molar-refractivity contribution in [2.45, 2.75) is 83.5 Å². The SMILES string of the molecule is CCCOCCOCCOCCOCC(=O)OC.CCOCCOCCOCCOCCOc1ccc(-c2cc(C3=C(c4cc(-c5ccc(OCCOCCOCCOCCOCC(=O)OC)cc5)sc4C)C(F)(F)C(F)(F)C3(F)F)c(C)s2)cc1.Cc1sc(-c2ccc(O)cc2)cc1C1=C(c2cc(-c3ccc(O)cc3)sc2C)C(F)(F)C(F)(F)C1(F)F.O=C=O. The van der Waals surface area contributed by atoms with E-state index in [2.05, 4.69) is 16.4 Å². The van der Waals surface area contributed by atoms with Crippen LogP contribution in [0.2, 0.25) is 0 Å². The van der Waals surface area contributed by atoms with Gasteiger partial charge in [0.1, 0.15) is 49.4 Å². The number of allylic oxidation sites excluding steroid dienone is 4. The molecule has 0 spiro atoms. The van der Waals surface area contributed by atoms with Crippen molar-refractivity contribution in [1.82, 2.24) is 0 Å². The monoisotopic (exact) mass is 1860 g/mol. The van der Waals surface area contributed by atoms with E-state index in [9.17, 15) is 28.6 Å². The van der Waals surface area contributed by atoms with Crippen molar-refractivity contribution in [2.75, 3.05) is 186 Å². The third kappa shape index (κ3) is 28.7. The van der Waals surface area contributed by atoms with Crippen molar-refractivity contribution >= 4 is 85.7 Å². The highest BCUT2D eigenvalue weighted by molar-refractivity contribution is 7.16. The zero-order valence-corrected chi connectivity index (χ0v) is 73.6. The fraction of sp³-hybridized carbons (Fsp3) is 0.466. The minimum absolute atomic E-state index is 0.0266. The number of thiophene rings is 4. The summed E-state index contributed by atoms with van der Waals surface area (Å²) in [6.07, 6.45) is 1.27. The Kier molecular flexibility index (Phi) is 42.7. The number of phenols is 2. The van der Waals surface area contributed by atoms with Gasteiger partial charge < -0.3 is 86.0 Å². The second-order valence-electron chi connectivity index (χ2n) is 27.2. The Morgan fingerprint density at radius 1 is 0.317 bits per heavy atom. The summed E-state index contributed by atoms with van der Waals surface area (Å²) in [6.45, 7) is 19.7. The molecule has 0 aliphatic heterocycles. The average molecular weight is 1870 g/mol. The molecule has 4 aromatic heterocycles. The Bertz CT molecular complexity index is 4620. The molecule has 2 aliphatic rings. The van der Waals surface area contributed by atoms with E-state index >= 15 is 43.9 Å². The molecular formula is C88H100F12O22S4. The molecule has 4 aromatic carbocycles. The first kappa shape index (κ1) is 104. The lowest BCUT2D eigenvalue weighted by molar-refractivity contribution is -0.254. The van der Waals surface area contributed by atoms with Crippen molar-refractivity contribution < 1.29 is 158 Å². The second-order valence-corrected chi connectivity index (χ2v) is 32.2. The van der Waals surface area contributed by atoms with E-state index in [1.165, 1.54) is 115 Å². The Labute approximate surface area is 737 Å². The summed E-state index contributed by atoms with van der Waals surface area (Å²) in [5.41, 5.74) is -4.91. The molecule has 0 radical (unpaired) electrons. The van der Waals surface area contributed by atoms with E-state index < -0.39 is 63.8 Å². The lowest BCUT2D eigenvalue weighted by Crippen LogP contribution is -2.48. The molecule has 0 saturated carbocycles. The molecule has 8 aromatic rings. The summed E-state index contributed by atoms with van der Waals surface area (Å²) in [4.78, 5) is 40.3. The minimum Gasteiger partial charge on any atom is -0.508 e. The van der Waals surface area contributed by atoms with Crippen molar-refractivity contribution in [3.05, 3.63) is 163 Å². The van der Waals surface area contributed by atoms with Crippen molar-refractivity contribution in [1.29, 1.82) is 0 Å². The largest absolute Gasteiger partial charge is 0.508 e. The van der Waals surface area contributed by atoms with E-state index in [0.29, 0.717) is 179 Å². The van der Waals surface area contributed by atoms with Gasteiger partial charge in [0, 0.05) is 74.5 Å². The van der Waals surface area contributed by atoms with Crippen molar-refractivity contribution in [2.24, 2.45) is 0 Å². The van der Waals surface area contributed by atoms with Gasteiger partial charge in [-0.1, -0.05) is 6.92 Å². The highest BCUT2D eigenvalue weighted by Crippen LogP contribution is 2.68. The van der Waals surface area contributed by atoms with E-state index in [1.54, 1.807) is 48.5 Å². The molecule has 4 heterocycles. The lowest BCUT2D eigenvalue weighted by atomic mass is 9.94. The Hall–Kier alpha value is -8.64. The van der Waals surface area contributed by atoms with E-state index in [0.717, 1.165) is 58.4 Å². The summed E-state index contributed by atoms with van der Waals surface area (Å²) in [7, 11) is 2.60. The Morgan fingerprint density at radius 2 is 0.524 bits per heavy atom. The number of aromatic hydroxyl groups is 2. The lowest BCUT2D eigenvalue weighted by Gasteiger charge is -2.25. The van der Waals surface area contributed by atoms with Gasteiger partial charge in [-0.3, -0.25) is 0 Å². The van der Waals surface area contributed by atoms with E-state index in [1.807, 2.05) is 6.92 Å². The van der Waals surface area contributed by atoms with Crippen LogP contribution < -0.4 is 9.47 Å². The van der Waals surface area contributed by atoms with Crippen LogP contribution in [0.1, 0.15) is 62.0 Å². The number of carbonyl (C=O) groups excluding carboxylic acids is 4. The number of carbonyl (C=O) groups is 2. The van der Waals surface area contributed by atoms with E-state index in [-0.39, 0.29) is 105 Å². The third-order valence-corrected chi connectivity index (χ3v) is 22.8. The number of methoxy groups -OCH3 is 2. The predicted molar refractivity (Wildman–Crippen MR) is 450 cm³/mol. The number of esters is 2. The van der Waals surface area contributed by atoms with Crippen LogP contribution in [0.4, 0.5) is 52.7 Å². The van der Waals surface area contributed by atoms with Crippen molar-refractivity contribution in [3.8, 4) is 64.8 Å². The molecule has 22 nitrogen and oxygen atoms in total. The molecule has 0 atom stereocenters. The number of hydrogen-bond donors (Lipinski definition) is 2. The summed E-state index contributed by atoms with van der Waals surface area (Å²) in [5, 5.41) is 19.0. The summed E-state index contributed by atoms with van der Waals surface area (Å²) < 4.78 is 269. The first-order valence-electron chi connectivity index (χ1n) is 39.5. The molecule has 126 heavy (non-hydrogen) atoms. The van der Waals surface area contributed by atoms with Crippen molar-refractivity contribution in [3.63, 3.8) is 0 Å². The fourth-order valence-electron chi connectivity index (χ4n) is 12.2. The normalized spacial score (nSPS) is 15.0. The summed E-state index contributed by atoms with van der Waals surface area (Å²) in [5.74, 6) is -31.9. The number of phenolic OH excluding ortho intramolecular Hbond substituents is 2. The Morgan fingerprint density at radius 3 is 0.746 bits per heavy atom. The van der Waals surface area contributed by atoms with Gasteiger partial charge in [0.2, 0.25) is 0 Å². The highest BCUT2D eigenvalue weighted by Gasteiger charge is 2.82. The Balaban J connectivity index is 0.000000309.